The lowest BCUT2D eigenvalue weighted by atomic mass is 10.0. The summed E-state index contributed by atoms with van der Waals surface area (Å²) in [5, 5.41) is 0.538. The number of ketones is 1. The smallest absolute Gasteiger partial charge is 0.192 e. The second-order valence-electron chi connectivity index (χ2n) is 3.34. The maximum atomic E-state index is 12.1. The molecule has 0 radical (unpaired) electrons. The van der Waals surface area contributed by atoms with Gasteiger partial charge in [-0.05, 0) is 37.1 Å². The van der Waals surface area contributed by atoms with Gasteiger partial charge >= 0.3 is 0 Å². The molecule has 0 heterocycles. The second-order valence-corrected chi connectivity index (χ2v) is 3.78. The Hall–Kier alpha value is -1.28. The summed E-state index contributed by atoms with van der Waals surface area (Å²) in [4.78, 5) is 12.1. The lowest BCUT2D eigenvalue weighted by Gasteiger charge is -2.09. The van der Waals surface area contributed by atoms with Gasteiger partial charge in [-0.3, -0.25) is 4.79 Å². The third-order valence-corrected chi connectivity index (χ3v) is 2.66. The summed E-state index contributed by atoms with van der Waals surface area (Å²) in [5.74, 6) is 0.534. The molecule has 1 aromatic rings. The van der Waals surface area contributed by atoms with Crippen molar-refractivity contribution in [2.24, 2.45) is 0 Å². The van der Waals surface area contributed by atoms with Crippen molar-refractivity contribution < 1.29 is 9.53 Å². The third kappa shape index (κ3) is 2.64. The molecule has 0 fully saturated rings. The van der Waals surface area contributed by atoms with Crippen molar-refractivity contribution in [2.75, 3.05) is 7.11 Å². The minimum Gasteiger partial charge on any atom is -0.496 e. The molecule has 16 heavy (non-hydrogen) atoms. The molecular weight excluding hydrogens is 224 g/mol. The Morgan fingerprint density at radius 1 is 1.50 bits per heavy atom. The van der Waals surface area contributed by atoms with E-state index in [9.17, 15) is 4.79 Å². The number of halogens is 1. The molecule has 3 heteroatoms. The van der Waals surface area contributed by atoms with E-state index in [1.807, 2.05) is 19.9 Å². The summed E-state index contributed by atoms with van der Waals surface area (Å²) in [5.41, 5.74) is 1.28. The van der Waals surface area contributed by atoms with Gasteiger partial charge in [0.15, 0.2) is 5.78 Å². The number of allylic oxidation sites excluding steroid dienone is 2. The van der Waals surface area contributed by atoms with Crippen LogP contribution >= 0.6 is 11.6 Å². The first-order valence-electron chi connectivity index (χ1n) is 5.17. The van der Waals surface area contributed by atoms with Gasteiger partial charge < -0.3 is 4.74 Å². The number of methoxy groups -OCH3 is 1. The van der Waals surface area contributed by atoms with Crippen LogP contribution in [0.1, 0.15) is 30.6 Å². The molecule has 2 nitrogen and oxygen atoms in total. The summed E-state index contributed by atoms with van der Waals surface area (Å²) in [7, 11) is 1.54. The monoisotopic (exact) mass is 238 g/mol. The Morgan fingerprint density at radius 2 is 2.19 bits per heavy atom. The van der Waals surface area contributed by atoms with E-state index < -0.39 is 0 Å². The quantitative estimate of drug-likeness (QED) is 0.588. The first-order chi connectivity index (χ1) is 7.63. The molecule has 0 aromatic heterocycles. The Bertz CT molecular complexity index is 422. The highest BCUT2D eigenvalue weighted by molar-refractivity contribution is 6.31. The molecule has 1 rings (SSSR count). The van der Waals surface area contributed by atoms with E-state index in [1.54, 1.807) is 25.3 Å². The van der Waals surface area contributed by atoms with Crippen molar-refractivity contribution in [3.8, 4) is 5.75 Å². The van der Waals surface area contributed by atoms with E-state index in [-0.39, 0.29) is 5.78 Å². The summed E-state index contributed by atoms with van der Waals surface area (Å²) < 4.78 is 5.15. The number of benzene rings is 1. The van der Waals surface area contributed by atoms with E-state index in [4.69, 9.17) is 16.3 Å². The number of ether oxygens (including phenoxy) is 1. The minimum atomic E-state index is -0.0237. The fourth-order valence-corrected chi connectivity index (χ4v) is 1.70. The van der Waals surface area contributed by atoms with Crippen molar-refractivity contribution in [1.29, 1.82) is 0 Å². The number of carbonyl (C=O) groups excluding carboxylic acids is 1. The van der Waals surface area contributed by atoms with E-state index in [2.05, 4.69) is 0 Å². The molecule has 0 saturated heterocycles. The van der Waals surface area contributed by atoms with Gasteiger partial charge in [-0.2, -0.15) is 0 Å². The third-order valence-electron chi connectivity index (χ3n) is 2.43. The molecule has 0 spiro atoms. The largest absolute Gasteiger partial charge is 0.496 e. The molecule has 0 amide bonds. The van der Waals surface area contributed by atoms with Crippen LogP contribution in [0.25, 0.3) is 0 Å². The van der Waals surface area contributed by atoms with E-state index in [1.165, 1.54) is 0 Å². The molecule has 0 atom stereocenters. The predicted octanol–water partition coefficient (Wildman–Crippen LogP) is 3.89. The Balaban J connectivity index is 3.21. The Morgan fingerprint density at radius 3 is 2.69 bits per heavy atom. The van der Waals surface area contributed by atoms with Gasteiger partial charge in [-0.15, -0.1) is 0 Å². The van der Waals surface area contributed by atoms with Crippen molar-refractivity contribution in [3.63, 3.8) is 0 Å². The highest BCUT2D eigenvalue weighted by atomic mass is 35.5. The van der Waals surface area contributed by atoms with Gasteiger partial charge in [-0.1, -0.05) is 24.6 Å². The lowest BCUT2D eigenvalue weighted by molar-refractivity contribution is 0.102. The van der Waals surface area contributed by atoms with Crippen LogP contribution in [-0.4, -0.2) is 12.9 Å². The van der Waals surface area contributed by atoms with E-state index in [0.29, 0.717) is 22.8 Å². The van der Waals surface area contributed by atoms with Crippen LogP contribution in [0.2, 0.25) is 5.02 Å². The molecule has 86 valence electrons. The summed E-state index contributed by atoms with van der Waals surface area (Å²) in [6.07, 6.45) is 2.52. The van der Waals surface area contributed by atoms with Crippen LogP contribution in [0.15, 0.2) is 29.8 Å². The lowest BCUT2D eigenvalue weighted by Crippen LogP contribution is -2.05. The molecule has 0 saturated carbocycles. The highest BCUT2D eigenvalue weighted by Crippen LogP contribution is 2.25. The fourth-order valence-electron chi connectivity index (χ4n) is 1.53. The Kier molecular flexibility index (Phi) is 4.56. The normalized spacial score (nSPS) is 11.4. The van der Waals surface area contributed by atoms with Gasteiger partial charge in [0.1, 0.15) is 5.75 Å². The van der Waals surface area contributed by atoms with Crippen LogP contribution in [0, 0.1) is 0 Å². The number of hydrogen-bond donors (Lipinski definition) is 0. The molecule has 0 aliphatic heterocycles. The van der Waals surface area contributed by atoms with Gasteiger partial charge in [0.25, 0.3) is 0 Å². The SMILES string of the molecule is C/C=C(/CC)C(=O)c1cc(Cl)ccc1OC. The molecule has 0 unspecified atom stereocenters. The van der Waals surface area contributed by atoms with Crippen LogP contribution in [0.3, 0.4) is 0 Å². The van der Waals surface area contributed by atoms with Crippen LogP contribution < -0.4 is 4.74 Å². The number of hydrogen-bond acceptors (Lipinski definition) is 2. The fraction of sp³-hybridized carbons (Fsp3) is 0.308. The van der Waals surface area contributed by atoms with Gasteiger partial charge in [0.2, 0.25) is 0 Å². The van der Waals surface area contributed by atoms with Crippen LogP contribution in [-0.2, 0) is 0 Å². The maximum Gasteiger partial charge on any atom is 0.192 e. The minimum absolute atomic E-state index is 0.0237. The van der Waals surface area contributed by atoms with Crippen molar-refractivity contribution in [2.45, 2.75) is 20.3 Å². The predicted molar refractivity (Wildman–Crippen MR) is 66.4 cm³/mol. The maximum absolute atomic E-state index is 12.1. The molecule has 0 aliphatic carbocycles. The van der Waals surface area contributed by atoms with E-state index in [0.717, 1.165) is 5.57 Å². The zero-order valence-electron chi connectivity index (χ0n) is 9.71. The summed E-state index contributed by atoms with van der Waals surface area (Å²) in [6.45, 7) is 3.80. The van der Waals surface area contributed by atoms with Crippen LogP contribution in [0.4, 0.5) is 0 Å². The summed E-state index contributed by atoms with van der Waals surface area (Å²) in [6, 6.07) is 5.05. The van der Waals surface area contributed by atoms with Crippen LogP contribution in [0.5, 0.6) is 5.75 Å². The average molecular weight is 239 g/mol. The molecule has 0 aliphatic rings. The first-order valence-corrected chi connectivity index (χ1v) is 5.55. The van der Waals surface area contributed by atoms with Gasteiger partial charge in [-0.25, -0.2) is 0 Å². The zero-order valence-corrected chi connectivity index (χ0v) is 10.5. The second kappa shape index (κ2) is 5.71. The number of Topliss-reactive ketones (excluding diaryl/α,β-unsaturated/α-hetero) is 1. The number of carbonyl (C=O) groups is 1. The molecule has 0 N–H and O–H groups in total. The Labute approximate surface area is 101 Å². The number of rotatable bonds is 4. The zero-order chi connectivity index (χ0) is 12.1. The first kappa shape index (κ1) is 12.8. The average Bonchev–Trinajstić information content (AvgIpc) is 2.30. The van der Waals surface area contributed by atoms with E-state index >= 15 is 0 Å². The van der Waals surface area contributed by atoms with Crippen molar-refractivity contribution >= 4 is 17.4 Å². The molecule has 1 aromatic carbocycles. The van der Waals surface area contributed by atoms with Gasteiger partial charge in [0.05, 0.1) is 12.7 Å². The summed E-state index contributed by atoms with van der Waals surface area (Å²) >= 11 is 5.88. The molecular formula is C13H15ClO2. The molecule has 0 bridgehead atoms. The van der Waals surface area contributed by atoms with Crippen molar-refractivity contribution in [1.82, 2.24) is 0 Å². The van der Waals surface area contributed by atoms with Gasteiger partial charge in [0, 0.05) is 5.02 Å². The highest BCUT2D eigenvalue weighted by Gasteiger charge is 2.15. The van der Waals surface area contributed by atoms with Crippen molar-refractivity contribution in [3.05, 3.63) is 40.4 Å². The topological polar surface area (TPSA) is 26.3 Å². The standard InChI is InChI=1S/C13H15ClO2/c1-4-9(5-2)13(15)11-8-10(14)6-7-12(11)16-3/h4,6-8H,5H2,1-3H3/b9-4-.